The van der Waals surface area contributed by atoms with Gasteiger partial charge in [-0.2, -0.15) is 0 Å². The van der Waals surface area contributed by atoms with Crippen molar-refractivity contribution in [1.29, 1.82) is 0 Å². The lowest BCUT2D eigenvalue weighted by Crippen LogP contribution is -2.24. The maximum atomic E-state index is 5.79. The first kappa shape index (κ1) is 15.1. The van der Waals surface area contributed by atoms with Gasteiger partial charge in [-0.05, 0) is 36.2 Å². The minimum atomic E-state index is 0.228. The third kappa shape index (κ3) is 4.08. The summed E-state index contributed by atoms with van der Waals surface area (Å²) < 4.78 is 0. The second kappa shape index (κ2) is 6.92. The molecule has 0 aliphatic heterocycles. The van der Waals surface area contributed by atoms with Gasteiger partial charge in [0.15, 0.2) is 0 Å². The lowest BCUT2D eigenvalue weighted by atomic mass is 10.2. The summed E-state index contributed by atoms with van der Waals surface area (Å²) >= 11 is 5.79. The van der Waals surface area contributed by atoms with E-state index < -0.39 is 0 Å². The second-order valence-corrected chi connectivity index (χ2v) is 4.78. The first-order valence-corrected chi connectivity index (χ1v) is 6.72. The molecule has 0 aliphatic rings. The molecule has 0 aliphatic carbocycles. The summed E-state index contributed by atoms with van der Waals surface area (Å²) in [7, 11) is 0. The molecule has 1 heterocycles. The van der Waals surface area contributed by atoms with Gasteiger partial charge in [0, 0.05) is 30.7 Å². The van der Waals surface area contributed by atoms with Gasteiger partial charge in [0.1, 0.15) is 5.82 Å². The van der Waals surface area contributed by atoms with Crippen molar-refractivity contribution < 1.29 is 0 Å². The third-order valence-electron chi connectivity index (χ3n) is 2.88. The van der Waals surface area contributed by atoms with Gasteiger partial charge in [0.2, 0.25) is 5.28 Å². The highest BCUT2D eigenvalue weighted by Gasteiger charge is 2.03. The molecule has 0 spiro atoms. The minimum Gasteiger partial charge on any atom is -0.403 e. The lowest BCUT2D eigenvalue weighted by molar-refractivity contribution is 1.05. The van der Waals surface area contributed by atoms with Crippen molar-refractivity contribution >= 4 is 23.1 Å². The SMILES string of the molecule is Cc1cnc(Cl)nc1NCc1ccc(N(N)/C=C\N)cc1. The van der Waals surface area contributed by atoms with Crippen molar-refractivity contribution in [3.8, 4) is 0 Å². The summed E-state index contributed by atoms with van der Waals surface area (Å²) in [5.41, 5.74) is 8.19. The topological polar surface area (TPSA) is 93.1 Å². The maximum absolute atomic E-state index is 5.79. The first-order valence-electron chi connectivity index (χ1n) is 6.34. The monoisotopic (exact) mass is 304 g/mol. The molecule has 21 heavy (non-hydrogen) atoms. The van der Waals surface area contributed by atoms with Gasteiger partial charge in [0.05, 0.1) is 5.69 Å². The van der Waals surface area contributed by atoms with Crippen LogP contribution < -0.4 is 21.9 Å². The molecule has 2 aromatic rings. The molecule has 0 saturated heterocycles. The fourth-order valence-corrected chi connectivity index (χ4v) is 1.88. The van der Waals surface area contributed by atoms with Crippen molar-refractivity contribution in [3.05, 3.63) is 59.3 Å². The molecular formula is C14H17ClN6. The summed E-state index contributed by atoms with van der Waals surface area (Å²) in [6.07, 6.45) is 4.66. The number of halogens is 1. The summed E-state index contributed by atoms with van der Waals surface area (Å²) in [6.45, 7) is 2.55. The molecule has 1 aromatic heterocycles. The fourth-order valence-electron chi connectivity index (χ4n) is 1.75. The molecule has 0 bridgehead atoms. The number of hydrogen-bond donors (Lipinski definition) is 3. The van der Waals surface area contributed by atoms with Gasteiger partial charge in [-0.1, -0.05) is 12.1 Å². The predicted molar refractivity (Wildman–Crippen MR) is 85.5 cm³/mol. The zero-order chi connectivity index (χ0) is 15.2. The zero-order valence-corrected chi connectivity index (χ0v) is 12.4. The normalized spacial score (nSPS) is 10.8. The van der Waals surface area contributed by atoms with Crippen LogP contribution in [0.2, 0.25) is 5.28 Å². The number of hydrazine groups is 1. The molecule has 1 aromatic carbocycles. The molecule has 0 amide bonds. The number of aryl methyl sites for hydroxylation is 1. The minimum absolute atomic E-state index is 0.228. The molecular weight excluding hydrogens is 288 g/mol. The van der Waals surface area contributed by atoms with Crippen molar-refractivity contribution in [2.24, 2.45) is 11.6 Å². The van der Waals surface area contributed by atoms with E-state index in [1.54, 1.807) is 12.4 Å². The number of aromatic nitrogens is 2. The van der Waals surface area contributed by atoms with Gasteiger partial charge in [-0.25, -0.2) is 15.8 Å². The highest BCUT2D eigenvalue weighted by molar-refractivity contribution is 6.28. The average Bonchev–Trinajstić information content (AvgIpc) is 2.49. The number of benzene rings is 1. The molecule has 7 heteroatoms. The van der Waals surface area contributed by atoms with Crippen LogP contribution in [0, 0.1) is 6.92 Å². The highest BCUT2D eigenvalue weighted by Crippen LogP contribution is 2.16. The Bertz CT molecular complexity index is 626. The van der Waals surface area contributed by atoms with E-state index >= 15 is 0 Å². The molecule has 110 valence electrons. The fraction of sp³-hybridized carbons (Fsp3) is 0.143. The Kier molecular flexibility index (Phi) is 4.97. The molecule has 5 N–H and O–H groups in total. The van der Waals surface area contributed by atoms with Crippen molar-refractivity contribution in [2.75, 3.05) is 10.3 Å². The van der Waals surface area contributed by atoms with E-state index in [2.05, 4.69) is 15.3 Å². The lowest BCUT2D eigenvalue weighted by Gasteiger charge is -2.14. The zero-order valence-electron chi connectivity index (χ0n) is 11.6. The van der Waals surface area contributed by atoms with E-state index in [0.717, 1.165) is 22.6 Å². The number of nitrogens with one attached hydrogen (secondary N) is 1. The molecule has 0 fully saturated rings. The maximum Gasteiger partial charge on any atom is 0.224 e. The standard InChI is InChI=1S/C14H17ClN6/c1-10-8-19-14(15)20-13(10)18-9-11-2-4-12(5-3-11)21(17)7-6-16/h2-8H,9,16-17H2,1H3,(H,18,19,20)/b7-6-. The quantitative estimate of drug-likeness (QED) is 0.445. The van der Waals surface area contributed by atoms with E-state index in [9.17, 15) is 0 Å². The average molecular weight is 305 g/mol. The number of anilines is 2. The van der Waals surface area contributed by atoms with Crippen LogP contribution in [0.1, 0.15) is 11.1 Å². The smallest absolute Gasteiger partial charge is 0.224 e. The van der Waals surface area contributed by atoms with E-state index in [1.807, 2.05) is 31.2 Å². The summed E-state index contributed by atoms with van der Waals surface area (Å²) in [4.78, 5) is 8.07. The largest absolute Gasteiger partial charge is 0.403 e. The van der Waals surface area contributed by atoms with Crippen LogP contribution in [0.15, 0.2) is 42.9 Å². The van der Waals surface area contributed by atoms with Crippen LogP contribution in [0.4, 0.5) is 11.5 Å². The first-order chi connectivity index (χ1) is 10.1. The molecule has 0 atom stereocenters. The number of nitrogens with two attached hydrogens (primary N) is 2. The summed E-state index contributed by atoms with van der Waals surface area (Å²) in [5.74, 6) is 6.50. The van der Waals surface area contributed by atoms with E-state index in [0.29, 0.717) is 6.54 Å². The Morgan fingerprint density at radius 1 is 1.33 bits per heavy atom. The van der Waals surface area contributed by atoms with Gasteiger partial charge in [-0.3, -0.25) is 5.01 Å². The van der Waals surface area contributed by atoms with Crippen LogP contribution in [-0.2, 0) is 6.54 Å². The summed E-state index contributed by atoms with van der Waals surface area (Å²) in [5, 5.41) is 4.91. The van der Waals surface area contributed by atoms with Gasteiger partial charge < -0.3 is 11.1 Å². The Morgan fingerprint density at radius 2 is 2.05 bits per heavy atom. The van der Waals surface area contributed by atoms with Crippen LogP contribution in [0.3, 0.4) is 0 Å². The number of rotatable bonds is 5. The summed E-state index contributed by atoms with van der Waals surface area (Å²) in [6, 6.07) is 7.78. The van der Waals surface area contributed by atoms with Crippen molar-refractivity contribution in [3.63, 3.8) is 0 Å². The molecule has 0 radical (unpaired) electrons. The van der Waals surface area contributed by atoms with Crippen LogP contribution in [0.25, 0.3) is 0 Å². The van der Waals surface area contributed by atoms with Crippen molar-refractivity contribution in [2.45, 2.75) is 13.5 Å². The van der Waals surface area contributed by atoms with Crippen molar-refractivity contribution in [1.82, 2.24) is 9.97 Å². The number of hydrogen-bond acceptors (Lipinski definition) is 6. The Balaban J connectivity index is 2.02. The third-order valence-corrected chi connectivity index (χ3v) is 3.07. The van der Waals surface area contributed by atoms with E-state index in [-0.39, 0.29) is 5.28 Å². The Morgan fingerprint density at radius 3 is 2.71 bits per heavy atom. The Labute approximate surface area is 128 Å². The van der Waals surface area contributed by atoms with Crippen LogP contribution >= 0.6 is 11.6 Å². The second-order valence-electron chi connectivity index (χ2n) is 4.44. The molecule has 0 saturated carbocycles. The van der Waals surface area contributed by atoms with Crippen LogP contribution in [0.5, 0.6) is 0 Å². The van der Waals surface area contributed by atoms with E-state index in [4.69, 9.17) is 23.2 Å². The molecule has 2 rings (SSSR count). The predicted octanol–water partition coefficient (Wildman–Crippen LogP) is 2.16. The van der Waals surface area contributed by atoms with E-state index in [1.165, 1.54) is 11.2 Å². The molecule has 6 nitrogen and oxygen atoms in total. The van der Waals surface area contributed by atoms with Crippen LogP contribution in [-0.4, -0.2) is 9.97 Å². The molecule has 0 unspecified atom stereocenters. The van der Waals surface area contributed by atoms with Gasteiger partial charge in [-0.15, -0.1) is 0 Å². The van der Waals surface area contributed by atoms with Gasteiger partial charge >= 0.3 is 0 Å². The van der Waals surface area contributed by atoms with Gasteiger partial charge in [0.25, 0.3) is 0 Å². The highest BCUT2D eigenvalue weighted by atomic mass is 35.5. The number of nitrogens with zero attached hydrogens (tertiary/aromatic N) is 3. The Hall–Kier alpha value is -2.31.